The maximum atomic E-state index is 12.6. The highest BCUT2D eigenvalue weighted by molar-refractivity contribution is 5.79. The van der Waals surface area contributed by atoms with Crippen molar-refractivity contribution in [1.29, 1.82) is 0 Å². The largest absolute Gasteiger partial charge is 0.416 e. The third kappa shape index (κ3) is 6.70. The van der Waals surface area contributed by atoms with Crippen LogP contribution in [-0.2, 0) is 17.3 Å². The molecule has 0 radical (unpaired) electrons. The number of morpholine rings is 1. The first-order valence-electron chi connectivity index (χ1n) is 9.16. The van der Waals surface area contributed by atoms with Crippen LogP contribution < -0.4 is 10.6 Å². The Morgan fingerprint density at radius 1 is 1.11 bits per heavy atom. The van der Waals surface area contributed by atoms with Gasteiger partial charge < -0.3 is 15.4 Å². The molecule has 152 valence electrons. The SMILES string of the molecule is CN=C(NCCc1ccc(C(F)(F)F)cc1)NCC(C)(C)N1CCOCC1. The number of alkyl halides is 3. The summed E-state index contributed by atoms with van der Waals surface area (Å²) < 4.78 is 43.2. The first-order valence-corrected chi connectivity index (χ1v) is 9.16. The van der Waals surface area contributed by atoms with Crippen LogP contribution >= 0.6 is 0 Å². The molecule has 1 saturated heterocycles. The summed E-state index contributed by atoms with van der Waals surface area (Å²) in [4.78, 5) is 6.60. The summed E-state index contributed by atoms with van der Waals surface area (Å²) >= 11 is 0. The molecule has 0 amide bonds. The summed E-state index contributed by atoms with van der Waals surface area (Å²) in [5, 5.41) is 6.54. The van der Waals surface area contributed by atoms with Crippen molar-refractivity contribution in [2.45, 2.75) is 32.0 Å². The summed E-state index contributed by atoms with van der Waals surface area (Å²) in [5.74, 6) is 0.684. The average Bonchev–Trinajstić information content (AvgIpc) is 2.65. The van der Waals surface area contributed by atoms with Gasteiger partial charge in [0.2, 0.25) is 0 Å². The quantitative estimate of drug-likeness (QED) is 0.583. The Balaban J connectivity index is 1.77. The standard InChI is InChI=1S/C19H29F3N4O/c1-18(2,26-10-12-27-13-11-26)14-25-17(23-3)24-9-8-15-4-6-16(7-5-15)19(20,21)22/h4-7H,8-14H2,1-3H3,(H2,23,24,25). The van der Waals surface area contributed by atoms with Gasteiger partial charge in [-0.15, -0.1) is 0 Å². The van der Waals surface area contributed by atoms with Crippen molar-refractivity contribution in [3.05, 3.63) is 35.4 Å². The van der Waals surface area contributed by atoms with Crippen LogP contribution in [0.25, 0.3) is 0 Å². The topological polar surface area (TPSA) is 48.9 Å². The van der Waals surface area contributed by atoms with Crippen molar-refractivity contribution in [2.24, 2.45) is 4.99 Å². The second-order valence-electron chi connectivity index (χ2n) is 7.21. The van der Waals surface area contributed by atoms with Crippen LogP contribution in [0.5, 0.6) is 0 Å². The van der Waals surface area contributed by atoms with Crippen molar-refractivity contribution >= 4 is 5.96 Å². The zero-order valence-electron chi connectivity index (χ0n) is 16.2. The predicted molar refractivity (Wildman–Crippen MR) is 101 cm³/mol. The fourth-order valence-electron chi connectivity index (χ4n) is 2.99. The van der Waals surface area contributed by atoms with E-state index in [2.05, 4.69) is 34.4 Å². The van der Waals surface area contributed by atoms with Crippen molar-refractivity contribution in [3.63, 3.8) is 0 Å². The summed E-state index contributed by atoms with van der Waals surface area (Å²) in [6.45, 7) is 9.01. The van der Waals surface area contributed by atoms with Gasteiger partial charge >= 0.3 is 6.18 Å². The van der Waals surface area contributed by atoms with Crippen LogP contribution in [0.2, 0.25) is 0 Å². The molecule has 1 aromatic carbocycles. The van der Waals surface area contributed by atoms with E-state index in [4.69, 9.17) is 4.74 Å². The molecule has 0 aliphatic carbocycles. The Morgan fingerprint density at radius 2 is 1.74 bits per heavy atom. The molecule has 0 bridgehead atoms. The predicted octanol–water partition coefficient (Wildman–Crippen LogP) is 2.52. The van der Waals surface area contributed by atoms with Gasteiger partial charge in [-0.3, -0.25) is 9.89 Å². The lowest BCUT2D eigenvalue weighted by atomic mass is 10.0. The van der Waals surface area contributed by atoms with Gasteiger partial charge in [0.25, 0.3) is 0 Å². The highest BCUT2D eigenvalue weighted by atomic mass is 19.4. The second-order valence-corrected chi connectivity index (χ2v) is 7.21. The van der Waals surface area contributed by atoms with Gasteiger partial charge in [-0.25, -0.2) is 0 Å². The first-order chi connectivity index (χ1) is 12.7. The number of hydrogen-bond donors (Lipinski definition) is 2. The molecule has 2 N–H and O–H groups in total. The number of halogens is 3. The summed E-state index contributed by atoms with van der Waals surface area (Å²) in [6.07, 6.45) is -3.68. The molecule has 1 heterocycles. The third-order valence-electron chi connectivity index (χ3n) is 4.77. The lowest BCUT2D eigenvalue weighted by molar-refractivity contribution is -0.137. The van der Waals surface area contributed by atoms with E-state index in [9.17, 15) is 13.2 Å². The Kier molecular flexibility index (Phi) is 7.49. The molecule has 0 aromatic heterocycles. The number of nitrogens with one attached hydrogen (secondary N) is 2. The van der Waals surface area contributed by atoms with Gasteiger partial charge in [0, 0.05) is 38.8 Å². The second kappa shape index (κ2) is 9.41. The van der Waals surface area contributed by atoms with E-state index in [0.29, 0.717) is 18.9 Å². The summed E-state index contributed by atoms with van der Waals surface area (Å²) in [5.41, 5.74) is 0.191. The van der Waals surface area contributed by atoms with Crippen molar-refractivity contribution < 1.29 is 17.9 Å². The van der Waals surface area contributed by atoms with E-state index >= 15 is 0 Å². The Labute approximate surface area is 159 Å². The molecule has 5 nitrogen and oxygen atoms in total. The van der Waals surface area contributed by atoms with Gasteiger partial charge in [0.15, 0.2) is 5.96 Å². The van der Waals surface area contributed by atoms with E-state index < -0.39 is 11.7 Å². The van der Waals surface area contributed by atoms with Gasteiger partial charge in [0.1, 0.15) is 0 Å². The molecule has 1 aliphatic heterocycles. The lowest BCUT2D eigenvalue weighted by Gasteiger charge is -2.41. The van der Waals surface area contributed by atoms with Crippen LogP contribution in [-0.4, -0.2) is 62.8 Å². The van der Waals surface area contributed by atoms with Crippen LogP contribution in [0, 0.1) is 0 Å². The van der Waals surface area contributed by atoms with Gasteiger partial charge in [-0.2, -0.15) is 13.2 Å². The monoisotopic (exact) mass is 386 g/mol. The average molecular weight is 386 g/mol. The number of hydrogen-bond acceptors (Lipinski definition) is 3. The zero-order chi connectivity index (χ0) is 19.9. The fraction of sp³-hybridized carbons (Fsp3) is 0.632. The molecule has 27 heavy (non-hydrogen) atoms. The molecule has 0 spiro atoms. The number of ether oxygens (including phenoxy) is 1. The number of benzene rings is 1. The molecular formula is C19H29F3N4O. The minimum atomic E-state index is -4.30. The summed E-state index contributed by atoms with van der Waals surface area (Å²) in [6, 6.07) is 5.27. The van der Waals surface area contributed by atoms with Crippen LogP contribution in [0.15, 0.2) is 29.3 Å². The van der Waals surface area contributed by atoms with Gasteiger partial charge in [-0.1, -0.05) is 12.1 Å². The highest BCUT2D eigenvalue weighted by Crippen LogP contribution is 2.29. The van der Waals surface area contributed by atoms with E-state index in [-0.39, 0.29) is 5.54 Å². The molecule has 2 rings (SSSR count). The highest BCUT2D eigenvalue weighted by Gasteiger charge is 2.30. The zero-order valence-corrected chi connectivity index (χ0v) is 16.2. The maximum Gasteiger partial charge on any atom is 0.416 e. The number of rotatable bonds is 6. The van der Waals surface area contributed by atoms with E-state index in [1.807, 2.05) is 0 Å². The minimum absolute atomic E-state index is 0.0329. The molecule has 0 atom stereocenters. The number of aliphatic imine (C=N–C) groups is 1. The number of guanidine groups is 1. The molecule has 8 heteroatoms. The fourth-order valence-corrected chi connectivity index (χ4v) is 2.99. The van der Waals surface area contributed by atoms with Crippen molar-refractivity contribution in [3.8, 4) is 0 Å². The van der Waals surface area contributed by atoms with Crippen LogP contribution in [0.3, 0.4) is 0 Å². The molecule has 0 unspecified atom stereocenters. The smallest absolute Gasteiger partial charge is 0.379 e. The van der Waals surface area contributed by atoms with E-state index in [1.54, 1.807) is 7.05 Å². The van der Waals surface area contributed by atoms with Gasteiger partial charge in [-0.05, 0) is 38.0 Å². The number of nitrogens with zero attached hydrogens (tertiary/aromatic N) is 2. The van der Waals surface area contributed by atoms with Crippen molar-refractivity contribution in [1.82, 2.24) is 15.5 Å². The van der Waals surface area contributed by atoms with E-state index in [0.717, 1.165) is 50.5 Å². The molecular weight excluding hydrogens is 357 g/mol. The Morgan fingerprint density at radius 3 is 2.30 bits per heavy atom. The molecule has 1 aromatic rings. The Bertz CT molecular complexity index is 608. The minimum Gasteiger partial charge on any atom is -0.379 e. The summed E-state index contributed by atoms with van der Waals surface area (Å²) in [7, 11) is 1.70. The van der Waals surface area contributed by atoms with Crippen LogP contribution in [0.1, 0.15) is 25.0 Å². The molecule has 1 fully saturated rings. The van der Waals surface area contributed by atoms with Crippen LogP contribution in [0.4, 0.5) is 13.2 Å². The van der Waals surface area contributed by atoms with Gasteiger partial charge in [0.05, 0.1) is 18.8 Å². The lowest BCUT2D eigenvalue weighted by Crippen LogP contribution is -2.56. The van der Waals surface area contributed by atoms with Crippen molar-refractivity contribution in [2.75, 3.05) is 46.4 Å². The van der Waals surface area contributed by atoms with E-state index in [1.165, 1.54) is 12.1 Å². The first kappa shape index (κ1) is 21.5. The third-order valence-corrected chi connectivity index (χ3v) is 4.77. The normalized spacial score (nSPS) is 17.0. The Hall–Kier alpha value is -1.80. The molecule has 1 aliphatic rings. The maximum absolute atomic E-state index is 12.6. The molecule has 0 saturated carbocycles.